The SMILES string of the molecule is CC(CC#N)CC1COC1. The van der Waals surface area contributed by atoms with Crippen molar-refractivity contribution in [2.75, 3.05) is 13.2 Å². The minimum atomic E-state index is 0.555. The van der Waals surface area contributed by atoms with Crippen LogP contribution in [0.15, 0.2) is 0 Å². The molecular formula is C8H13NO. The normalized spacial score (nSPS) is 21.2. The van der Waals surface area contributed by atoms with Gasteiger partial charge in [0.1, 0.15) is 0 Å². The Labute approximate surface area is 61.8 Å². The van der Waals surface area contributed by atoms with Crippen LogP contribution in [-0.4, -0.2) is 13.2 Å². The number of nitriles is 1. The molecule has 1 aliphatic heterocycles. The van der Waals surface area contributed by atoms with Crippen molar-refractivity contribution in [3.63, 3.8) is 0 Å². The summed E-state index contributed by atoms with van der Waals surface area (Å²) in [7, 11) is 0. The zero-order valence-electron chi connectivity index (χ0n) is 6.34. The molecular weight excluding hydrogens is 126 g/mol. The largest absolute Gasteiger partial charge is 0.381 e. The van der Waals surface area contributed by atoms with Crippen molar-refractivity contribution in [3.05, 3.63) is 0 Å². The molecule has 1 atom stereocenters. The molecule has 0 amide bonds. The summed E-state index contributed by atoms with van der Waals surface area (Å²) in [6.45, 7) is 3.95. The van der Waals surface area contributed by atoms with Crippen LogP contribution in [0, 0.1) is 23.2 Å². The first-order valence-corrected chi connectivity index (χ1v) is 3.77. The minimum Gasteiger partial charge on any atom is -0.381 e. The quantitative estimate of drug-likeness (QED) is 0.594. The summed E-state index contributed by atoms with van der Waals surface area (Å²) >= 11 is 0. The van der Waals surface area contributed by atoms with Gasteiger partial charge in [0.25, 0.3) is 0 Å². The molecule has 0 bridgehead atoms. The summed E-state index contributed by atoms with van der Waals surface area (Å²) < 4.78 is 5.03. The molecule has 1 aliphatic rings. The Morgan fingerprint density at radius 1 is 1.70 bits per heavy atom. The van der Waals surface area contributed by atoms with Crippen LogP contribution in [-0.2, 0) is 4.74 Å². The predicted octanol–water partition coefficient (Wildman–Crippen LogP) is 1.57. The highest BCUT2D eigenvalue weighted by Crippen LogP contribution is 2.21. The van der Waals surface area contributed by atoms with E-state index in [2.05, 4.69) is 13.0 Å². The molecule has 0 spiro atoms. The number of hydrogen-bond donors (Lipinski definition) is 0. The van der Waals surface area contributed by atoms with Crippen molar-refractivity contribution in [1.82, 2.24) is 0 Å². The van der Waals surface area contributed by atoms with E-state index in [0.29, 0.717) is 12.3 Å². The van der Waals surface area contributed by atoms with Gasteiger partial charge < -0.3 is 4.74 Å². The van der Waals surface area contributed by atoms with Crippen molar-refractivity contribution in [3.8, 4) is 6.07 Å². The lowest BCUT2D eigenvalue weighted by Crippen LogP contribution is -2.28. The molecule has 0 saturated carbocycles. The Bertz CT molecular complexity index is 135. The van der Waals surface area contributed by atoms with Crippen molar-refractivity contribution in [2.24, 2.45) is 11.8 Å². The molecule has 0 aromatic carbocycles. The second kappa shape index (κ2) is 3.58. The van der Waals surface area contributed by atoms with Gasteiger partial charge in [0, 0.05) is 12.3 Å². The van der Waals surface area contributed by atoms with Crippen LogP contribution >= 0.6 is 0 Å². The number of hydrogen-bond acceptors (Lipinski definition) is 2. The van der Waals surface area contributed by atoms with E-state index in [-0.39, 0.29) is 0 Å². The highest BCUT2D eigenvalue weighted by Gasteiger charge is 2.20. The van der Waals surface area contributed by atoms with E-state index in [4.69, 9.17) is 10.00 Å². The van der Waals surface area contributed by atoms with Crippen LogP contribution < -0.4 is 0 Å². The first kappa shape index (κ1) is 7.56. The van der Waals surface area contributed by atoms with Crippen molar-refractivity contribution in [2.45, 2.75) is 19.8 Å². The predicted molar refractivity (Wildman–Crippen MR) is 38.3 cm³/mol. The fourth-order valence-electron chi connectivity index (χ4n) is 1.23. The lowest BCUT2D eigenvalue weighted by molar-refractivity contribution is -0.0413. The number of nitrogens with zero attached hydrogens (tertiary/aromatic N) is 1. The highest BCUT2D eigenvalue weighted by atomic mass is 16.5. The summed E-state index contributed by atoms with van der Waals surface area (Å²) in [6.07, 6.45) is 1.85. The number of rotatable bonds is 3. The molecule has 2 nitrogen and oxygen atoms in total. The molecule has 56 valence electrons. The minimum absolute atomic E-state index is 0.555. The molecule has 1 rings (SSSR count). The van der Waals surface area contributed by atoms with Crippen LogP contribution in [0.2, 0.25) is 0 Å². The van der Waals surface area contributed by atoms with Crippen LogP contribution in [0.4, 0.5) is 0 Å². The third kappa shape index (κ3) is 2.00. The molecule has 10 heavy (non-hydrogen) atoms. The smallest absolute Gasteiger partial charge is 0.0624 e. The van der Waals surface area contributed by atoms with Gasteiger partial charge in [0.05, 0.1) is 19.3 Å². The summed E-state index contributed by atoms with van der Waals surface area (Å²) in [6, 6.07) is 2.18. The van der Waals surface area contributed by atoms with Gasteiger partial charge in [0.15, 0.2) is 0 Å². The van der Waals surface area contributed by atoms with Gasteiger partial charge in [-0.2, -0.15) is 5.26 Å². The van der Waals surface area contributed by atoms with Gasteiger partial charge in [-0.25, -0.2) is 0 Å². The maximum atomic E-state index is 8.36. The lowest BCUT2D eigenvalue weighted by Gasteiger charge is -2.27. The van der Waals surface area contributed by atoms with Crippen LogP contribution in [0.3, 0.4) is 0 Å². The van der Waals surface area contributed by atoms with Crippen LogP contribution in [0.25, 0.3) is 0 Å². The van der Waals surface area contributed by atoms with Gasteiger partial charge in [-0.1, -0.05) is 6.92 Å². The van der Waals surface area contributed by atoms with E-state index in [9.17, 15) is 0 Å². The zero-order chi connectivity index (χ0) is 7.40. The first-order chi connectivity index (χ1) is 4.83. The Morgan fingerprint density at radius 3 is 2.80 bits per heavy atom. The molecule has 0 N–H and O–H groups in total. The van der Waals surface area contributed by atoms with Crippen LogP contribution in [0.5, 0.6) is 0 Å². The fraction of sp³-hybridized carbons (Fsp3) is 0.875. The van der Waals surface area contributed by atoms with E-state index in [0.717, 1.165) is 25.6 Å². The van der Waals surface area contributed by atoms with Gasteiger partial charge >= 0.3 is 0 Å². The van der Waals surface area contributed by atoms with Gasteiger partial charge in [-0.3, -0.25) is 0 Å². The fourth-order valence-corrected chi connectivity index (χ4v) is 1.23. The molecule has 1 unspecified atom stereocenters. The third-order valence-corrected chi connectivity index (χ3v) is 1.88. The van der Waals surface area contributed by atoms with Crippen LogP contribution in [0.1, 0.15) is 19.8 Å². The summed E-state index contributed by atoms with van der Waals surface area (Å²) in [4.78, 5) is 0. The van der Waals surface area contributed by atoms with E-state index in [1.165, 1.54) is 0 Å². The molecule has 0 aromatic rings. The second-order valence-electron chi connectivity index (χ2n) is 3.11. The third-order valence-electron chi connectivity index (χ3n) is 1.88. The Morgan fingerprint density at radius 2 is 2.40 bits per heavy atom. The molecule has 1 saturated heterocycles. The van der Waals surface area contributed by atoms with E-state index in [1.807, 2.05) is 0 Å². The maximum absolute atomic E-state index is 8.36. The van der Waals surface area contributed by atoms with Crippen molar-refractivity contribution in [1.29, 1.82) is 5.26 Å². The average Bonchev–Trinajstić information content (AvgIpc) is 1.80. The van der Waals surface area contributed by atoms with Gasteiger partial charge in [0.2, 0.25) is 0 Å². The highest BCUT2D eigenvalue weighted by molar-refractivity contribution is 4.76. The monoisotopic (exact) mass is 139 g/mol. The summed E-state index contributed by atoms with van der Waals surface area (Å²) in [5, 5.41) is 8.36. The first-order valence-electron chi connectivity index (χ1n) is 3.77. The number of ether oxygens (including phenoxy) is 1. The summed E-state index contributed by atoms with van der Waals surface area (Å²) in [5.41, 5.74) is 0. The molecule has 0 aliphatic carbocycles. The van der Waals surface area contributed by atoms with E-state index >= 15 is 0 Å². The van der Waals surface area contributed by atoms with Crippen molar-refractivity contribution < 1.29 is 4.74 Å². The van der Waals surface area contributed by atoms with E-state index in [1.54, 1.807) is 0 Å². The maximum Gasteiger partial charge on any atom is 0.0624 e. The standard InChI is InChI=1S/C8H13NO/c1-7(2-3-9)4-8-5-10-6-8/h7-8H,2,4-6H2,1H3. The molecule has 1 heterocycles. The molecule has 2 heteroatoms. The average molecular weight is 139 g/mol. The Balaban J connectivity index is 2.06. The zero-order valence-corrected chi connectivity index (χ0v) is 6.34. The Hall–Kier alpha value is -0.550. The molecule has 0 aromatic heterocycles. The Kier molecular flexibility index (Phi) is 2.70. The topological polar surface area (TPSA) is 33.0 Å². The van der Waals surface area contributed by atoms with Gasteiger partial charge in [-0.05, 0) is 12.3 Å². The summed E-state index contributed by atoms with van der Waals surface area (Å²) in [5.74, 6) is 1.29. The molecule has 1 fully saturated rings. The van der Waals surface area contributed by atoms with E-state index < -0.39 is 0 Å². The van der Waals surface area contributed by atoms with Crippen molar-refractivity contribution >= 4 is 0 Å². The second-order valence-corrected chi connectivity index (χ2v) is 3.11. The molecule has 0 radical (unpaired) electrons. The van der Waals surface area contributed by atoms with Gasteiger partial charge in [-0.15, -0.1) is 0 Å². The lowest BCUT2D eigenvalue weighted by atomic mass is 9.93.